The lowest BCUT2D eigenvalue weighted by atomic mass is 9.79. The van der Waals surface area contributed by atoms with Crippen LogP contribution in [-0.2, 0) is 4.79 Å². The van der Waals surface area contributed by atoms with Gasteiger partial charge in [0.05, 0.1) is 5.92 Å². The van der Waals surface area contributed by atoms with Crippen LogP contribution in [0.15, 0.2) is 11.6 Å². The minimum Gasteiger partial charge on any atom is -0.481 e. The van der Waals surface area contributed by atoms with Gasteiger partial charge in [0.15, 0.2) is 0 Å². The largest absolute Gasteiger partial charge is 0.481 e. The minimum atomic E-state index is -0.647. The fourth-order valence-electron chi connectivity index (χ4n) is 1.95. The second-order valence-corrected chi connectivity index (χ2v) is 4.24. The molecule has 0 aromatic heterocycles. The Morgan fingerprint density at radius 1 is 1.62 bits per heavy atom. The molecule has 0 spiro atoms. The van der Waals surface area contributed by atoms with Crippen molar-refractivity contribution in [3.8, 4) is 0 Å². The van der Waals surface area contributed by atoms with Crippen molar-refractivity contribution >= 4 is 5.97 Å². The molecule has 1 N–H and O–H groups in total. The molecule has 0 heterocycles. The summed E-state index contributed by atoms with van der Waals surface area (Å²) in [5, 5.41) is 8.90. The van der Waals surface area contributed by atoms with Crippen molar-refractivity contribution < 1.29 is 9.90 Å². The Morgan fingerprint density at radius 3 is 2.62 bits per heavy atom. The summed E-state index contributed by atoms with van der Waals surface area (Å²) in [6, 6.07) is 0. The van der Waals surface area contributed by atoms with Gasteiger partial charge in [0, 0.05) is 0 Å². The highest BCUT2D eigenvalue weighted by Crippen LogP contribution is 2.31. The van der Waals surface area contributed by atoms with Gasteiger partial charge in [-0.3, -0.25) is 4.79 Å². The van der Waals surface area contributed by atoms with Crippen LogP contribution in [0.1, 0.15) is 33.6 Å². The van der Waals surface area contributed by atoms with Crippen molar-refractivity contribution in [2.24, 2.45) is 17.8 Å². The Hall–Kier alpha value is -0.790. The summed E-state index contributed by atoms with van der Waals surface area (Å²) in [5.41, 5.74) is 1.42. The fraction of sp³-hybridized carbons (Fsp3) is 0.727. The molecule has 0 aromatic rings. The number of aliphatic carboxylic acids is 1. The molecule has 0 fully saturated rings. The number of carboxylic acids is 1. The van der Waals surface area contributed by atoms with Gasteiger partial charge in [-0.2, -0.15) is 0 Å². The molecule has 0 aromatic carbocycles. The van der Waals surface area contributed by atoms with E-state index in [1.54, 1.807) is 0 Å². The first-order valence-corrected chi connectivity index (χ1v) is 4.95. The number of hydrogen-bond acceptors (Lipinski definition) is 1. The van der Waals surface area contributed by atoms with Crippen LogP contribution >= 0.6 is 0 Å². The van der Waals surface area contributed by atoms with Crippen LogP contribution in [0.2, 0.25) is 0 Å². The van der Waals surface area contributed by atoms with E-state index in [4.69, 9.17) is 5.11 Å². The van der Waals surface area contributed by atoms with Crippen LogP contribution in [0.25, 0.3) is 0 Å². The summed E-state index contributed by atoms with van der Waals surface area (Å²) < 4.78 is 0. The molecule has 0 radical (unpaired) electrons. The van der Waals surface area contributed by atoms with Crippen molar-refractivity contribution in [2.45, 2.75) is 33.6 Å². The fourth-order valence-corrected chi connectivity index (χ4v) is 1.95. The van der Waals surface area contributed by atoms with Crippen LogP contribution in [0, 0.1) is 17.8 Å². The quantitative estimate of drug-likeness (QED) is 0.667. The van der Waals surface area contributed by atoms with Gasteiger partial charge in [0.25, 0.3) is 0 Å². The number of carboxylic acid groups (broad SMARTS) is 1. The average Bonchev–Trinajstić information content (AvgIpc) is 2.03. The first-order valence-electron chi connectivity index (χ1n) is 4.95. The van der Waals surface area contributed by atoms with Gasteiger partial charge in [-0.25, -0.2) is 0 Å². The summed E-state index contributed by atoms with van der Waals surface area (Å²) in [5.74, 6) is -0.0464. The Labute approximate surface area is 79.6 Å². The molecule has 2 unspecified atom stereocenters. The first-order chi connectivity index (χ1) is 6.02. The number of allylic oxidation sites excluding steroid dienone is 2. The maximum absolute atomic E-state index is 10.8. The zero-order chi connectivity index (χ0) is 10.0. The molecule has 1 aliphatic carbocycles. The zero-order valence-electron chi connectivity index (χ0n) is 8.58. The van der Waals surface area contributed by atoms with Crippen molar-refractivity contribution in [3.63, 3.8) is 0 Å². The van der Waals surface area contributed by atoms with Crippen molar-refractivity contribution in [3.05, 3.63) is 11.6 Å². The zero-order valence-corrected chi connectivity index (χ0v) is 8.58. The maximum atomic E-state index is 10.8. The summed E-state index contributed by atoms with van der Waals surface area (Å²) >= 11 is 0. The molecule has 2 nitrogen and oxygen atoms in total. The van der Waals surface area contributed by atoms with Crippen LogP contribution in [-0.4, -0.2) is 11.1 Å². The van der Waals surface area contributed by atoms with Gasteiger partial charge in [-0.05, 0) is 24.7 Å². The molecule has 0 saturated carbocycles. The van der Waals surface area contributed by atoms with Gasteiger partial charge >= 0.3 is 5.97 Å². The lowest BCUT2D eigenvalue weighted by Crippen LogP contribution is -2.24. The molecular weight excluding hydrogens is 164 g/mol. The Bertz CT molecular complexity index is 228. The predicted molar refractivity (Wildman–Crippen MR) is 52.4 cm³/mol. The number of rotatable bonds is 2. The molecule has 1 aliphatic rings. The van der Waals surface area contributed by atoms with Gasteiger partial charge in [-0.1, -0.05) is 32.4 Å². The highest BCUT2D eigenvalue weighted by Gasteiger charge is 2.27. The Morgan fingerprint density at radius 2 is 2.23 bits per heavy atom. The van der Waals surface area contributed by atoms with Gasteiger partial charge < -0.3 is 5.11 Å². The smallest absolute Gasteiger partial charge is 0.307 e. The second kappa shape index (κ2) is 3.95. The molecule has 74 valence electrons. The third-order valence-corrected chi connectivity index (χ3v) is 2.91. The molecule has 2 heteroatoms. The maximum Gasteiger partial charge on any atom is 0.307 e. The highest BCUT2D eigenvalue weighted by molar-refractivity contribution is 5.71. The SMILES string of the molecule is CC(C)C1=CC(C)C(C(=O)O)CC1. The molecule has 1 rings (SSSR count). The second-order valence-electron chi connectivity index (χ2n) is 4.24. The van der Waals surface area contributed by atoms with Gasteiger partial charge in [-0.15, -0.1) is 0 Å². The normalized spacial score (nSPS) is 28.8. The van der Waals surface area contributed by atoms with E-state index in [0.29, 0.717) is 5.92 Å². The van der Waals surface area contributed by atoms with E-state index in [-0.39, 0.29) is 11.8 Å². The first kappa shape index (κ1) is 10.3. The predicted octanol–water partition coefficient (Wildman–Crippen LogP) is 2.70. The number of carbonyl (C=O) groups is 1. The van der Waals surface area contributed by atoms with E-state index in [9.17, 15) is 4.79 Å². The van der Waals surface area contributed by atoms with Crippen LogP contribution < -0.4 is 0 Å². The summed E-state index contributed by atoms with van der Waals surface area (Å²) in [6.07, 6.45) is 3.91. The Balaban J connectivity index is 2.71. The van der Waals surface area contributed by atoms with Crippen LogP contribution in [0.3, 0.4) is 0 Å². The molecule has 0 bridgehead atoms. The third-order valence-electron chi connectivity index (χ3n) is 2.91. The van der Waals surface area contributed by atoms with E-state index >= 15 is 0 Å². The standard InChI is InChI=1S/C11H18O2/c1-7(2)9-4-5-10(11(12)13)8(3)6-9/h6-8,10H,4-5H2,1-3H3,(H,12,13). The molecular formula is C11H18O2. The monoisotopic (exact) mass is 182 g/mol. The van der Waals surface area contributed by atoms with Crippen molar-refractivity contribution in [1.29, 1.82) is 0 Å². The van der Waals surface area contributed by atoms with E-state index in [1.165, 1.54) is 5.57 Å². The summed E-state index contributed by atoms with van der Waals surface area (Å²) in [4.78, 5) is 10.8. The molecule has 13 heavy (non-hydrogen) atoms. The van der Waals surface area contributed by atoms with Crippen molar-refractivity contribution in [1.82, 2.24) is 0 Å². The van der Waals surface area contributed by atoms with E-state index in [1.807, 2.05) is 6.92 Å². The lowest BCUT2D eigenvalue weighted by molar-refractivity contribution is -0.143. The summed E-state index contributed by atoms with van der Waals surface area (Å²) in [7, 11) is 0. The summed E-state index contributed by atoms with van der Waals surface area (Å²) in [6.45, 7) is 6.33. The third kappa shape index (κ3) is 2.33. The average molecular weight is 182 g/mol. The van der Waals surface area contributed by atoms with Gasteiger partial charge in [0.2, 0.25) is 0 Å². The van der Waals surface area contributed by atoms with E-state index < -0.39 is 5.97 Å². The van der Waals surface area contributed by atoms with Crippen LogP contribution in [0.4, 0.5) is 0 Å². The molecule has 2 atom stereocenters. The van der Waals surface area contributed by atoms with Gasteiger partial charge in [0.1, 0.15) is 0 Å². The minimum absolute atomic E-state index is 0.164. The highest BCUT2D eigenvalue weighted by atomic mass is 16.4. The number of hydrogen-bond donors (Lipinski definition) is 1. The molecule has 0 saturated heterocycles. The van der Waals surface area contributed by atoms with E-state index in [2.05, 4.69) is 19.9 Å². The molecule has 0 amide bonds. The van der Waals surface area contributed by atoms with Crippen LogP contribution in [0.5, 0.6) is 0 Å². The Kier molecular flexibility index (Phi) is 3.12. The lowest BCUT2D eigenvalue weighted by Gasteiger charge is -2.26. The topological polar surface area (TPSA) is 37.3 Å². The van der Waals surface area contributed by atoms with E-state index in [0.717, 1.165) is 12.8 Å². The molecule has 0 aliphatic heterocycles. The van der Waals surface area contributed by atoms with Crippen molar-refractivity contribution in [2.75, 3.05) is 0 Å².